The maximum atomic E-state index is 11.6. The molecular formula is C20H39NO7V. The van der Waals surface area contributed by atoms with Crippen molar-refractivity contribution in [1.82, 2.24) is 5.32 Å². The van der Waals surface area contributed by atoms with Gasteiger partial charge in [-0.3, -0.25) is 9.59 Å². The molecule has 0 aromatic rings. The van der Waals surface area contributed by atoms with Crippen LogP contribution in [0.15, 0.2) is 0 Å². The Balaban J connectivity index is 0. The molecule has 0 aliphatic heterocycles. The van der Waals surface area contributed by atoms with Gasteiger partial charge >= 0.3 is 0 Å². The van der Waals surface area contributed by atoms with Gasteiger partial charge in [-0.05, 0) is 19.8 Å². The van der Waals surface area contributed by atoms with Gasteiger partial charge in [-0.25, -0.2) is 0 Å². The van der Waals surface area contributed by atoms with Crippen LogP contribution in [0.3, 0.4) is 0 Å². The molecule has 0 saturated heterocycles. The van der Waals surface area contributed by atoms with E-state index in [9.17, 15) is 9.59 Å². The molecule has 0 aromatic heterocycles. The average Bonchev–Trinajstić information content (AvgIpc) is 2.67. The largest absolute Gasteiger partial charge is 0.396 e. The van der Waals surface area contributed by atoms with E-state index in [0.717, 1.165) is 38.5 Å². The Labute approximate surface area is 187 Å². The smallest absolute Gasteiger partial charge is 0.220 e. The Morgan fingerprint density at radius 1 is 0.724 bits per heavy atom. The molecule has 1 amide bonds. The molecular weight excluding hydrogens is 417 g/mol. The normalized spacial score (nSPS) is 10.6. The Morgan fingerprint density at radius 2 is 1.21 bits per heavy atom. The molecule has 9 heteroatoms. The summed E-state index contributed by atoms with van der Waals surface area (Å²) in [5.41, 5.74) is 0. The molecule has 0 rings (SSSR count). The summed E-state index contributed by atoms with van der Waals surface area (Å²) in [6, 6.07) is 0. The van der Waals surface area contributed by atoms with Crippen molar-refractivity contribution in [2.24, 2.45) is 0 Å². The molecule has 0 aromatic carbocycles. The van der Waals surface area contributed by atoms with Gasteiger partial charge in [-0.1, -0.05) is 25.7 Å². The third-order valence-electron chi connectivity index (χ3n) is 3.80. The van der Waals surface area contributed by atoms with Crippen LogP contribution in [0.1, 0.15) is 51.9 Å². The number of unbranched alkanes of at least 4 members (excludes halogenated alkanes) is 5. The number of ether oxygens (including phenoxy) is 4. The molecule has 2 N–H and O–H groups in total. The van der Waals surface area contributed by atoms with E-state index in [1.807, 2.05) is 0 Å². The molecule has 0 atom stereocenters. The Morgan fingerprint density at radius 3 is 1.76 bits per heavy atom. The molecule has 1 radical (unpaired) electrons. The first-order chi connectivity index (χ1) is 13.7. The van der Waals surface area contributed by atoms with Crippen molar-refractivity contribution in [2.45, 2.75) is 51.9 Å². The minimum atomic E-state index is 0. The number of aliphatic hydroxyl groups is 1. The summed E-state index contributed by atoms with van der Waals surface area (Å²) in [5.74, 6) is 0.0730. The molecule has 171 valence electrons. The second-order valence-corrected chi connectivity index (χ2v) is 6.54. The predicted molar refractivity (Wildman–Crippen MR) is 106 cm³/mol. The summed E-state index contributed by atoms with van der Waals surface area (Å²) in [7, 11) is 0. The van der Waals surface area contributed by atoms with E-state index in [-0.39, 0.29) is 43.5 Å². The number of aliphatic hydroxyl groups excluding tert-OH is 1. The fraction of sp³-hybridized carbons (Fsp3) is 0.900. The first-order valence-electron chi connectivity index (χ1n) is 10.3. The molecule has 0 spiro atoms. The third kappa shape index (κ3) is 27.5. The summed E-state index contributed by atoms with van der Waals surface area (Å²) in [4.78, 5) is 22.3. The first kappa shape index (κ1) is 30.7. The maximum absolute atomic E-state index is 11.6. The van der Waals surface area contributed by atoms with Gasteiger partial charge in [-0.15, -0.1) is 0 Å². The van der Waals surface area contributed by atoms with Crippen LogP contribution in [0.25, 0.3) is 0 Å². The minimum absolute atomic E-state index is 0. The van der Waals surface area contributed by atoms with Crippen LogP contribution in [0.5, 0.6) is 0 Å². The van der Waals surface area contributed by atoms with Crippen molar-refractivity contribution in [2.75, 3.05) is 66.0 Å². The van der Waals surface area contributed by atoms with E-state index < -0.39 is 0 Å². The van der Waals surface area contributed by atoms with E-state index >= 15 is 0 Å². The molecule has 0 heterocycles. The standard InChI is InChI=1S/C20H39NO7.V/c1-19(23)18-28-17-16-27-15-14-26-13-12-25-11-9-21-20(24)8-6-4-2-3-5-7-10-22;/h22H,2-18H2,1H3,(H,21,24);. The summed E-state index contributed by atoms with van der Waals surface area (Å²) in [6.45, 7) is 5.62. The van der Waals surface area contributed by atoms with Crippen molar-refractivity contribution in [3.8, 4) is 0 Å². The average molecular weight is 456 g/mol. The SMILES string of the molecule is CC(=O)COCCOCCOCCOCCNC(=O)CCCCCCCCO.[V]. The van der Waals surface area contributed by atoms with Crippen LogP contribution in [0, 0.1) is 0 Å². The van der Waals surface area contributed by atoms with Crippen molar-refractivity contribution < 1.29 is 52.2 Å². The maximum Gasteiger partial charge on any atom is 0.220 e. The first-order valence-corrected chi connectivity index (χ1v) is 10.3. The van der Waals surface area contributed by atoms with Crippen LogP contribution in [-0.2, 0) is 47.1 Å². The Kier molecular flexibility index (Phi) is 27.1. The number of hydrogen-bond donors (Lipinski definition) is 2. The summed E-state index contributed by atoms with van der Waals surface area (Å²) < 4.78 is 21.1. The van der Waals surface area contributed by atoms with Gasteiger partial charge in [0, 0.05) is 38.1 Å². The van der Waals surface area contributed by atoms with Gasteiger partial charge < -0.3 is 29.4 Å². The fourth-order valence-corrected chi connectivity index (χ4v) is 2.33. The van der Waals surface area contributed by atoms with Gasteiger partial charge in [-0.2, -0.15) is 0 Å². The Hall–Kier alpha value is -0.476. The van der Waals surface area contributed by atoms with Crippen molar-refractivity contribution in [3.05, 3.63) is 0 Å². The molecule has 0 saturated carbocycles. The number of carbonyl (C=O) groups excluding carboxylic acids is 2. The van der Waals surface area contributed by atoms with Crippen molar-refractivity contribution in [1.29, 1.82) is 0 Å². The quantitative estimate of drug-likeness (QED) is 0.238. The number of Topliss-reactive ketones (excluding diaryl/α,β-unsaturated/α-hetero) is 1. The zero-order valence-electron chi connectivity index (χ0n) is 17.9. The third-order valence-corrected chi connectivity index (χ3v) is 3.80. The van der Waals surface area contributed by atoms with E-state index in [0.29, 0.717) is 59.2 Å². The summed E-state index contributed by atoms with van der Waals surface area (Å²) >= 11 is 0. The predicted octanol–water partition coefficient (Wildman–Crippen LogP) is 1.48. The number of amides is 1. The molecule has 0 unspecified atom stereocenters. The minimum Gasteiger partial charge on any atom is -0.396 e. The van der Waals surface area contributed by atoms with Crippen LogP contribution in [0.2, 0.25) is 0 Å². The van der Waals surface area contributed by atoms with E-state index in [1.165, 1.54) is 6.92 Å². The van der Waals surface area contributed by atoms with Crippen LogP contribution < -0.4 is 5.32 Å². The number of nitrogens with one attached hydrogen (secondary N) is 1. The van der Waals surface area contributed by atoms with Crippen molar-refractivity contribution in [3.63, 3.8) is 0 Å². The molecule has 0 aliphatic rings. The van der Waals surface area contributed by atoms with Gasteiger partial charge in [0.15, 0.2) is 5.78 Å². The zero-order valence-corrected chi connectivity index (χ0v) is 19.3. The van der Waals surface area contributed by atoms with Crippen LogP contribution in [0.4, 0.5) is 0 Å². The second-order valence-electron chi connectivity index (χ2n) is 6.54. The molecule has 0 bridgehead atoms. The monoisotopic (exact) mass is 456 g/mol. The molecule has 0 aliphatic carbocycles. The number of carbonyl (C=O) groups is 2. The van der Waals surface area contributed by atoms with Gasteiger partial charge in [0.25, 0.3) is 0 Å². The van der Waals surface area contributed by atoms with Crippen LogP contribution >= 0.6 is 0 Å². The fourth-order valence-electron chi connectivity index (χ4n) is 2.33. The van der Waals surface area contributed by atoms with Gasteiger partial charge in [0.2, 0.25) is 5.91 Å². The van der Waals surface area contributed by atoms with E-state index in [2.05, 4.69) is 5.32 Å². The second kappa shape index (κ2) is 25.6. The Bertz CT molecular complexity index is 373. The van der Waals surface area contributed by atoms with E-state index in [4.69, 9.17) is 24.1 Å². The summed E-state index contributed by atoms with van der Waals surface area (Å²) in [6.07, 6.45) is 6.70. The number of rotatable bonds is 22. The van der Waals surface area contributed by atoms with Gasteiger partial charge in [0.05, 0.1) is 46.2 Å². The topological polar surface area (TPSA) is 103 Å². The van der Waals surface area contributed by atoms with E-state index in [1.54, 1.807) is 0 Å². The summed E-state index contributed by atoms with van der Waals surface area (Å²) in [5, 5.41) is 11.5. The number of hydrogen-bond acceptors (Lipinski definition) is 7. The molecule has 29 heavy (non-hydrogen) atoms. The van der Waals surface area contributed by atoms with Crippen molar-refractivity contribution >= 4 is 11.7 Å². The molecule has 8 nitrogen and oxygen atoms in total. The number of ketones is 1. The van der Waals surface area contributed by atoms with Crippen LogP contribution in [-0.4, -0.2) is 82.8 Å². The zero-order chi connectivity index (χ0) is 20.7. The molecule has 0 fully saturated rings. The van der Waals surface area contributed by atoms with Gasteiger partial charge in [0.1, 0.15) is 6.61 Å².